The molecular formula is C23H23NO4. The summed E-state index contributed by atoms with van der Waals surface area (Å²) in [6.45, 7) is 0. The van der Waals surface area contributed by atoms with Crippen molar-refractivity contribution in [2.24, 2.45) is 0 Å². The third kappa shape index (κ3) is 3.93. The van der Waals surface area contributed by atoms with Crippen molar-refractivity contribution in [2.75, 3.05) is 0 Å². The van der Waals surface area contributed by atoms with Crippen LogP contribution in [0.25, 0.3) is 21.9 Å². The predicted octanol–water partition coefficient (Wildman–Crippen LogP) is 4.53. The molecule has 1 saturated carbocycles. The zero-order chi connectivity index (χ0) is 19.5. The molecule has 4 rings (SSSR count). The minimum atomic E-state index is -0.808. The van der Waals surface area contributed by atoms with Crippen LogP contribution in [0.2, 0.25) is 0 Å². The highest BCUT2D eigenvalue weighted by atomic mass is 16.5. The number of hydrogen-bond donors (Lipinski definition) is 2. The Hall–Kier alpha value is -3.08. The van der Waals surface area contributed by atoms with Crippen LogP contribution in [0.4, 0.5) is 0 Å². The zero-order valence-electron chi connectivity index (χ0n) is 15.6. The van der Waals surface area contributed by atoms with Crippen LogP contribution in [-0.4, -0.2) is 22.2 Å². The van der Waals surface area contributed by atoms with Gasteiger partial charge in [-0.25, -0.2) is 0 Å². The number of hydrogen-bond acceptors (Lipinski definition) is 3. The molecule has 144 valence electrons. The Morgan fingerprint density at radius 2 is 1.93 bits per heavy atom. The number of ether oxygens (including phenoxy) is 1. The smallest absolute Gasteiger partial charge is 0.303 e. The van der Waals surface area contributed by atoms with Crippen LogP contribution in [0.1, 0.15) is 37.7 Å². The van der Waals surface area contributed by atoms with Gasteiger partial charge in [0, 0.05) is 23.6 Å². The van der Waals surface area contributed by atoms with E-state index in [0.717, 1.165) is 40.7 Å². The molecule has 3 aromatic rings. The normalized spacial score (nSPS) is 14.4. The van der Waals surface area contributed by atoms with E-state index in [1.54, 1.807) is 6.20 Å². The van der Waals surface area contributed by atoms with Crippen LogP contribution in [0.3, 0.4) is 0 Å². The van der Waals surface area contributed by atoms with Crippen molar-refractivity contribution < 1.29 is 14.6 Å². The number of aromatic nitrogens is 1. The van der Waals surface area contributed by atoms with Gasteiger partial charge in [0.2, 0.25) is 0 Å². The lowest BCUT2D eigenvalue weighted by Crippen LogP contribution is -2.11. The van der Waals surface area contributed by atoms with Crippen molar-refractivity contribution >= 4 is 16.7 Å². The van der Waals surface area contributed by atoms with E-state index in [4.69, 9.17) is 9.84 Å². The number of pyridine rings is 1. The monoisotopic (exact) mass is 377 g/mol. The third-order valence-corrected chi connectivity index (χ3v) is 5.35. The van der Waals surface area contributed by atoms with Gasteiger partial charge in [0.1, 0.15) is 5.75 Å². The molecule has 0 spiro atoms. The van der Waals surface area contributed by atoms with Crippen molar-refractivity contribution in [2.45, 2.75) is 44.6 Å². The summed E-state index contributed by atoms with van der Waals surface area (Å²) in [7, 11) is 0. The minimum absolute atomic E-state index is 0.0926. The highest BCUT2D eigenvalue weighted by molar-refractivity contribution is 5.87. The lowest BCUT2D eigenvalue weighted by atomic mass is 9.98. The first-order chi connectivity index (χ1) is 13.6. The number of H-pyrrole nitrogens is 1. The van der Waals surface area contributed by atoms with E-state index in [9.17, 15) is 9.59 Å². The van der Waals surface area contributed by atoms with Gasteiger partial charge < -0.3 is 14.8 Å². The summed E-state index contributed by atoms with van der Waals surface area (Å²) in [6, 6.07) is 13.5. The van der Waals surface area contributed by atoms with Gasteiger partial charge in [0.15, 0.2) is 0 Å². The fourth-order valence-electron chi connectivity index (χ4n) is 3.86. The highest BCUT2D eigenvalue weighted by Crippen LogP contribution is 2.35. The number of nitrogens with one attached hydrogen (secondary N) is 1. The standard InChI is InChI=1S/C23H23NO4/c25-22(26)10-6-15-5-9-21(28-18-3-1-2-4-18)20(13-15)16-7-8-19-17(14-16)11-12-24-23(19)27/h5,7-9,11-14,18H,1-4,6,10H2,(H,24,27)(H,25,26). The zero-order valence-corrected chi connectivity index (χ0v) is 15.6. The molecule has 0 bridgehead atoms. The van der Waals surface area contributed by atoms with Gasteiger partial charge >= 0.3 is 5.97 Å². The maximum atomic E-state index is 12.0. The largest absolute Gasteiger partial charge is 0.490 e. The van der Waals surface area contributed by atoms with Crippen LogP contribution in [0.15, 0.2) is 53.5 Å². The highest BCUT2D eigenvalue weighted by Gasteiger charge is 2.19. The summed E-state index contributed by atoms with van der Waals surface area (Å²) in [5, 5.41) is 10.5. The molecule has 5 heteroatoms. The second-order valence-corrected chi connectivity index (χ2v) is 7.36. The lowest BCUT2D eigenvalue weighted by Gasteiger charge is -2.18. The molecule has 0 aliphatic heterocycles. The second kappa shape index (κ2) is 7.89. The van der Waals surface area contributed by atoms with Gasteiger partial charge in [0.05, 0.1) is 6.10 Å². The van der Waals surface area contributed by atoms with Crippen molar-refractivity contribution in [1.29, 1.82) is 0 Å². The molecule has 0 atom stereocenters. The van der Waals surface area contributed by atoms with E-state index >= 15 is 0 Å². The van der Waals surface area contributed by atoms with Crippen LogP contribution < -0.4 is 10.3 Å². The van der Waals surface area contributed by atoms with Crippen LogP contribution in [0, 0.1) is 0 Å². The first-order valence-electron chi connectivity index (χ1n) is 9.73. The molecule has 28 heavy (non-hydrogen) atoms. The van der Waals surface area contributed by atoms with Gasteiger partial charge in [-0.1, -0.05) is 12.1 Å². The second-order valence-electron chi connectivity index (χ2n) is 7.36. The van der Waals surface area contributed by atoms with Crippen molar-refractivity contribution in [3.8, 4) is 16.9 Å². The average molecular weight is 377 g/mol. The molecule has 0 amide bonds. The molecule has 1 aromatic heterocycles. The topological polar surface area (TPSA) is 79.4 Å². The summed E-state index contributed by atoms with van der Waals surface area (Å²) in [5.41, 5.74) is 2.75. The third-order valence-electron chi connectivity index (χ3n) is 5.35. The summed E-state index contributed by atoms with van der Waals surface area (Å²) in [4.78, 5) is 25.6. The quantitative estimate of drug-likeness (QED) is 0.661. The molecule has 1 aliphatic rings. The Labute approximate surface area is 163 Å². The molecule has 5 nitrogen and oxygen atoms in total. The van der Waals surface area contributed by atoms with E-state index in [0.29, 0.717) is 11.8 Å². The maximum Gasteiger partial charge on any atom is 0.303 e. The van der Waals surface area contributed by atoms with Crippen LogP contribution in [0.5, 0.6) is 5.75 Å². The van der Waals surface area contributed by atoms with Crippen LogP contribution in [-0.2, 0) is 11.2 Å². The molecule has 2 aromatic carbocycles. The lowest BCUT2D eigenvalue weighted by molar-refractivity contribution is -0.136. The number of carbonyl (C=O) groups is 1. The number of benzene rings is 2. The number of aromatic amines is 1. The van der Waals surface area contributed by atoms with E-state index in [1.165, 1.54) is 12.8 Å². The number of carboxylic acid groups (broad SMARTS) is 1. The summed E-state index contributed by atoms with van der Waals surface area (Å²) >= 11 is 0. The van der Waals surface area contributed by atoms with Gasteiger partial charge in [-0.05, 0) is 78.9 Å². The Morgan fingerprint density at radius 1 is 1.11 bits per heavy atom. The summed E-state index contributed by atoms with van der Waals surface area (Å²) in [6.07, 6.45) is 6.94. The number of aliphatic carboxylic acids is 1. The molecule has 2 N–H and O–H groups in total. The van der Waals surface area contributed by atoms with Gasteiger partial charge in [-0.2, -0.15) is 0 Å². The maximum absolute atomic E-state index is 12.0. The molecular weight excluding hydrogens is 354 g/mol. The molecule has 1 fully saturated rings. The van der Waals surface area contributed by atoms with E-state index in [1.807, 2.05) is 42.5 Å². The van der Waals surface area contributed by atoms with Crippen molar-refractivity contribution in [3.63, 3.8) is 0 Å². The summed E-state index contributed by atoms with van der Waals surface area (Å²) in [5.74, 6) is 0.00734. The molecule has 0 radical (unpaired) electrons. The Bertz CT molecular complexity index is 1060. The number of fused-ring (bicyclic) bond motifs is 1. The molecule has 0 saturated heterocycles. The fourth-order valence-corrected chi connectivity index (χ4v) is 3.86. The van der Waals surface area contributed by atoms with E-state index in [-0.39, 0.29) is 18.1 Å². The first-order valence-corrected chi connectivity index (χ1v) is 9.73. The Kier molecular flexibility index (Phi) is 5.15. The molecule has 1 aliphatic carbocycles. The van der Waals surface area contributed by atoms with Gasteiger partial charge in [0.25, 0.3) is 5.56 Å². The fraction of sp³-hybridized carbons (Fsp3) is 0.304. The molecule has 1 heterocycles. The first kappa shape index (κ1) is 18.3. The van der Waals surface area contributed by atoms with E-state index < -0.39 is 5.97 Å². The minimum Gasteiger partial charge on any atom is -0.490 e. The van der Waals surface area contributed by atoms with Crippen molar-refractivity contribution in [1.82, 2.24) is 4.98 Å². The predicted molar refractivity (Wildman–Crippen MR) is 109 cm³/mol. The Morgan fingerprint density at radius 3 is 2.71 bits per heavy atom. The number of carboxylic acids is 1. The molecule has 0 unspecified atom stereocenters. The number of aryl methyl sites for hydroxylation is 1. The van der Waals surface area contributed by atoms with Crippen LogP contribution >= 0.6 is 0 Å². The van der Waals surface area contributed by atoms with E-state index in [2.05, 4.69) is 4.98 Å². The summed E-state index contributed by atoms with van der Waals surface area (Å²) < 4.78 is 6.29. The SMILES string of the molecule is O=C(O)CCc1ccc(OC2CCCC2)c(-c2ccc3c(=O)[nH]ccc3c2)c1. The van der Waals surface area contributed by atoms with Gasteiger partial charge in [-0.3, -0.25) is 9.59 Å². The van der Waals surface area contributed by atoms with Crippen molar-refractivity contribution in [3.05, 3.63) is 64.6 Å². The average Bonchev–Trinajstić information content (AvgIpc) is 3.20. The number of rotatable bonds is 6. The Balaban J connectivity index is 1.75. The van der Waals surface area contributed by atoms with Gasteiger partial charge in [-0.15, -0.1) is 0 Å².